The van der Waals surface area contributed by atoms with E-state index in [9.17, 15) is 14.9 Å². The van der Waals surface area contributed by atoms with Crippen LogP contribution in [0.2, 0.25) is 0 Å². The van der Waals surface area contributed by atoms with Crippen molar-refractivity contribution in [3.8, 4) is 0 Å². The highest BCUT2D eigenvalue weighted by Gasteiger charge is 2.10. The van der Waals surface area contributed by atoms with Gasteiger partial charge in [-0.05, 0) is 44.5 Å². The molecule has 1 aliphatic rings. The van der Waals surface area contributed by atoms with Gasteiger partial charge in [-0.1, -0.05) is 18.6 Å². The zero-order valence-corrected chi connectivity index (χ0v) is 12.8. The van der Waals surface area contributed by atoms with Gasteiger partial charge in [-0.3, -0.25) is 14.9 Å². The number of non-ortho nitro benzene ring substituents is 1. The maximum atomic E-state index is 11.8. The maximum Gasteiger partial charge on any atom is 0.269 e. The van der Waals surface area contributed by atoms with Crippen LogP contribution in [0, 0.1) is 10.1 Å². The van der Waals surface area contributed by atoms with E-state index in [2.05, 4.69) is 10.2 Å². The molecule has 2 rings (SSSR count). The second kappa shape index (κ2) is 8.48. The van der Waals surface area contributed by atoms with E-state index < -0.39 is 4.92 Å². The molecule has 1 heterocycles. The van der Waals surface area contributed by atoms with Crippen LogP contribution in [0.4, 0.5) is 5.69 Å². The van der Waals surface area contributed by atoms with Gasteiger partial charge in [-0.2, -0.15) is 0 Å². The summed E-state index contributed by atoms with van der Waals surface area (Å²) in [7, 11) is 0. The molecule has 1 saturated heterocycles. The van der Waals surface area contributed by atoms with Gasteiger partial charge in [0.1, 0.15) is 0 Å². The Kier molecular flexibility index (Phi) is 6.33. The van der Waals surface area contributed by atoms with Crippen LogP contribution in [0.15, 0.2) is 24.3 Å². The van der Waals surface area contributed by atoms with Crippen molar-refractivity contribution < 1.29 is 9.72 Å². The summed E-state index contributed by atoms with van der Waals surface area (Å²) in [5, 5.41) is 13.5. The number of carbonyl (C=O) groups excluding carboxylic acids is 1. The van der Waals surface area contributed by atoms with Gasteiger partial charge in [-0.15, -0.1) is 0 Å². The number of likely N-dealkylation sites (tertiary alicyclic amines) is 1. The third-order valence-corrected chi connectivity index (χ3v) is 3.93. The van der Waals surface area contributed by atoms with Gasteiger partial charge < -0.3 is 10.2 Å². The third-order valence-electron chi connectivity index (χ3n) is 3.93. The molecular formula is C16H23N3O3. The number of piperidine rings is 1. The maximum absolute atomic E-state index is 11.8. The number of hydrogen-bond acceptors (Lipinski definition) is 4. The zero-order valence-electron chi connectivity index (χ0n) is 12.8. The molecule has 1 aromatic carbocycles. The van der Waals surface area contributed by atoms with E-state index in [1.165, 1.54) is 44.5 Å². The molecule has 0 bridgehead atoms. The first kappa shape index (κ1) is 16.4. The summed E-state index contributed by atoms with van der Waals surface area (Å²) in [4.78, 5) is 24.4. The first-order chi connectivity index (χ1) is 10.6. The minimum absolute atomic E-state index is 0.0347. The topological polar surface area (TPSA) is 75.5 Å². The minimum atomic E-state index is -0.440. The van der Waals surface area contributed by atoms with Gasteiger partial charge >= 0.3 is 0 Å². The number of amides is 1. The Balaban J connectivity index is 1.63. The summed E-state index contributed by atoms with van der Waals surface area (Å²) in [5.74, 6) is -0.0347. The van der Waals surface area contributed by atoms with Crippen molar-refractivity contribution in [1.82, 2.24) is 10.2 Å². The van der Waals surface area contributed by atoms with Gasteiger partial charge in [0.15, 0.2) is 0 Å². The minimum Gasteiger partial charge on any atom is -0.356 e. The van der Waals surface area contributed by atoms with E-state index in [0.29, 0.717) is 6.54 Å². The van der Waals surface area contributed by atoms with E-state index in [1.54, 1.807) is 12.1 Å². The molecule has 120 valence electrons. The molecule has 1 aromatic rings. The zero-order chi connectivity index (χ0) is 15.8. The van der Waals surface area contributed by atoms with Crippen LogP contribution in [0.5, 0.6) is 0 Å². The number of nitro groups is 1. The SMILES string of the molecule is O=C(Cc1ccc([N+](=O)[O-])cc1)NCCCN1CCCCC1. The fourth-order valence-corrected chi connectivity index (χ4v) is 2.70. The smallest absolute Gasteiger partial charge is 0.269 e. The molecule has 1 fully saturated rings. The predicted molar refractivity (Wildman–Crippen MR) is 84.7 cm³/mol. The lowest BCUT2D eigenvalue weighted by Gasteiger charge is -2.26. The number of nitro benzene ring substituents is 1. The number of hydrogen-bond donors (Lipinski definition) is 1. The van der Waals surface area contributed by atoms with Gasteiger partial charge in [0.2, 0.25) is 5.91 Å². The van der Waals surface area contributed by atoms with Gasteiger partial charge in [0, 0.05) is 18.7 Å². The Morgan fingerprint density at radius 2 is 1.86 bits per heavy atom. The Bertz CT molecular complexity index is 496. The molecular weight excluding hydrogens is 282 g/mol. The normalized spacial score (nSPS) is 15.5. The van der Waals surface area contributed by atoms with E-state index >= 15 is 0 Å². The number of carbonyl (C=O) groups is 1. The fraction of sp³-hybridized carbons (Fsp3) is 0.562. The summed E-state index contributed by atoms with van der Waals surface area (Å²) >= 11 is 0. The third kappa shape index (κ3) is 5.44. The van der Waals surface area contributed by atoms with Crippen LogP contribution in [0.3, 0.4) is 0 Å². The first-order valence-electron chi connectivity index (χ1n) is 7.87. The van der Waals surface area contributed by atoms with Crippen molar-refractivity contribution >= 4 is 11.6 Å². The van der Waals surface area contributed by atoms with Crippen molar-refractivity contribution in [1.29, 1.82) is 0 Å². The summed E-state index contributed by atoms with van der Waals surface area (Å²) in [5.41, 5.74) is 0.838. The summed E-state index contributed by atoms with van der Waals surface area (Å²) < 4.78 is 0. The second-order valence-corrected chi connectivity index (χ2v) is 5.71. The fourth-order valence-electron chi connectivity index (χ4n) is 2.70. The molecule has 0 unspecified atom stereocenters. The van der Waals surface area contributed by atoms with Gasteiger partial charge in [-0.25, -0.2) is 0 Å². The highest BCUT2D eigenvalue weighted by atomic mass is 16.6. The number of nitrogens with zero attached hydrogens (tertiary/aromatic N) is 2. The van der Waals surface area contributed by atoms with Crippen LogP contribution in [-0.4, -0.2) is 41.9 Å². The van der Waals surface area contributed by atoms with Gasteiger partial charge in [0.25, 0.3) is 5.69 Å². The van der Waals surface area contributed by atoms with E-state index in [1.807, 2.05) is 0 Å². The van der Waals surface area contributed by atoms with Crippen LogP contribution < -0.4 is 5.32 Å². The van der Waals surface area contributed by atoms with Crippen LogP contribution in [-0.2, 0) is 11.2 Å². The van der Waals surface area contributed by atoms with Crippen molar-refractivity contribution in [2.75, 3.05) is 26.2 Å². The molecule has 6 nitrogen and oxygen atoms in total. The van der Waals surface area contributed by atoms with Crippen LogP contribution >= 0.6 is 0 Å². The number of rotatable bonds is 7. The quantitative estimate of drug-likeness (QED) is 0.476. The van der Waals surface area contributed by atoms with Crippen molar-refractivity contribution in [2.24, 2.45) is 0 Å². The highest BCUT2D eigenvalue weighted by molar-refractivity contribution is 5.78. The van der Waals surface area contributed by atoms with E-state index in [4.69, 9.17) is 0 Å². The average Bonchev–Trinajstić information content (AvgIpc) is 2.53. The summed E-state index contributed by atoms with van der Waals surface area (Å²) in [6.07, 6.45) is 5.13. The largest absolute Gasteiger partial charge is 0.356 e. The molecule has 0 spiro atoms. The molecule has 0 atom stereocenters. The monoisotopic (exact) mass is 305 g/mol. The highest BCUT2D eigenvalue weighted by Crippen LogP contribution is 2.12. The Morgan fingerprint density at radius 1 is 1.18 bits per heavy atom. The predicted octanol–water partition coefficient (Wildman–Crippen LogP) is 2.13. The lowest BCUT2D eigenvalue weighted by atomic mass is 10.1. The molecule has 0 saturated carbocycles. The summed E-state index contributed by atoms with van der Waals surface area (Å²) in [6.45, 7) is 4.08. The van der Waals surface area contributed by atoms with E-state index in [0.717, 1.165) is 18.5 Å². The number of nitrogens with one attached hydrogen (secondary N) is 1. The standard InChI is InChI=1S/C16H23N3O3/c20-16(13-14-5-7-15(8-6-14)19(21)22)17-9-4-12-18-10-2-1-3-11-18/h5-8H,1-4,9-13H2,(H,17,20). The molecule has 1 amide bonds. The van der Waals surface area contributed by atoms with Crippen molar-refractivity contribution in [3.05, 3.63) is 39.9 Å². The Morgan fingerprint density at radius 3 is 2.50 bits per heavy atom. The molecule has 0 radical (unpaired) electrons. The molecule has 0 aromatic heterocycles. The lowest BCUT2D eigenvalue weighted by molar-refractivity contribution is -0.384. The van der Waals surface area contributed by atoms with Crippen LogP contribution in [0.1, 0.15) is 31.2 Å². The second-order valence-electron chi connectivity index (χ2n) is 5.71. The lowest BCUT2D eigenvalue weighted by Crippen LogP contribution is -2.33. The Labute approximate surface area is 130 Å². The molecule has 6 heteroatoms. The Hall–Kier alpha value is -1.95. The van der Waals surface area contributed by atoms with Gasteiger partial charge in [0.05, 0.1) is 11.3 Å². The first-order valence-corrected chi connectivity index (χ1v) is 7.87. The molecule has 0 aliphatic carbocycles. The van der Waals surface area contributed by atoms with E-state index in [-0.39, 0.29) is 18.0 Å². The van der Waals surface area contributed by atoms with Crippen molar-refractivity contribution in [3.63, 3.8) is 0 Å². The molecule has 22 heavy (non-hydrogen) atoms. The van der Waals surface area contributed by atoms with Crippen LogP contribution in [0.25, 0.3) is 0 Å². The summed E-state index contributed by atoms with van der Waals surface area (Å²) in [6, 6.07) is 6.12. The molecule has 1 aliphatic heterocycles. The molecule has 1 N–H and O–H groups in total. The average molecular weight is 305 g/mol. The van der Waals surface area contributed by atoms with Crippen molar-refractivity contribution in [2.45, 2.75) is 32.1 Å². The number of benzene rings is 1.